The first kappa shape index (κ1) is 12.7. The molecular formula is C16H13N3. The Bertz CT molecular complexity index is 703. The number of hydrogen-bond donors (Lipinski definition) is 1. The molecule has 3 nitrogen and oxygen atoms in total. The summed E-state index contributed by atoms with van der Waals surface area (Å²) in [6.07, 6.45) is 5.37. The van der Waals surface area contributed by atoms with Crippen LogP contribution in [-0.2, 0) is 0 Å². The van der Waals surface area contributed by atoms with Gasteiger partial charge >= 0.3 is 0 Å². The van der Waals surface area contributed by atoms with Crippen molar-refractivity contribution in [2.75, 3.05) is 5.32 Å². The largest absolute Gasteiger partial charge is 0.339 e. The van der Waals surface area contributed by atoms with Crippen LogP contribution in [0.5, 0.6) is 0 Å². The highest BCUT2D eigenvalue weighted by Crippen LogP contribution is 2.22. The number of nitrogens with one attached hydrogen (secondary N) is 1. The Morgan fingerprint density at radius 3 is 2.74 bits per heavy atom. The predicted octanol–water partition coefficient (Wildman–Crippen LogP) is 3.30. The van der Waals surface area contributed by atoms with Crippen LogP contribution < -0.4 is 5.32 Å². The smallest absolute Gasteiger partial charge is 0.148 e. The van der Waals surface area contributed by atoms with Crippen LogP contribution in [0, 0.1) is 37.5 Å². The minimum atomic E-state index is 0.553. The zero-order chi connectivity index (χ0) is 13.8. The number of rotatable bonds is 2. The molecule has 1 N–H and O–H groups in total. The maximum atomic E-state index is 9.21. The van der Waals surface area contributed by atoms with E-state index in [0.717, 1.165) is 22.5 Å². The molecular weight excluding hydrogens is 234 g/mol. The van der Waals surface area contributed by atoms with Crippen LogP contribution in [0.1, 0.15) is 22.4 Å². The summed E-state index contributed by atoms with van der Waals surface area (Å²) in [7, 11) is 0. The molecule has 0 saturated carbocycles. The van der Waals surface area contributed by atoms with E-state index in [4.69, 9.17) is 6.42 Å². The van der Waals surface area contributed by atoms with Gasteiger partial charge in [0.2, 0.25) is 0 Å². The van der Waals surface area contributed by atoms with Crippen LogP contribution in [0.15, 0.2) is 30.3 Å². The van der Waals surface area contributed by atoms with Gasteiger partial charge in [0.05, 0.1) is 5.56 Å². The van der Waals surface area contributed by atoms with Crippen LogP contribution in [0.3, 0.4) is 0 Å². The second-order valence-corrected chi connectivity index (χ2v) is 4.27. The molecule has 0 radical (unpaired) electrons. The lowest BCUT2D eigenvalue weighted by molar-refractivity contribution is 1.16. The average molecular weight is 247 g/mol. The summed E-state index contributed by atoms with van der Waals surface area (Å²) >= 11 is 0. The summed E-state index contributed by atoms with van der Waals surface area (Å²) in [5.74, 6) is 3.14. The Labute approximate surface area is 112 Å². The Morgan fingerprint density at radius 2 is 2.05 bits per heavy atom. The molecule has 0 unspecified atom stereocenters. The van der Waals surface area contributed by atoms with Crippen molar-refractivity contribution in [3.05, 3.63) is 52.7 Å². The van der Waals surface area contributed by atoms with Crippen molar-refractivity contribution in [3.63, 3.8) is 0 Å². The number of terminal acetylenes is 1. The first-order valence-corrected chi connectivity index (χ1v) is 5.86. The molecule has 92 valence electrons. The lowest BCUT2D eigenvalue weighted by Crippen LogP contribution is -2.00. The molecule has 1 aromatic heterocycles. The van der Waals surface area contributed by atoms with Crippen molar-refractivity contribution in [1.29, 1.82) is 5.26 Å². The lowest BCUT2D eigenvalue weighted by Gasteiger charge is -2.10. The molecule has 0 bridgehead atoms. The van der Waals surface area contributed by atoms with Crippen molar-refractivity contribution >= 4 is 11.5 Å². The highest BCUT2D eigenvalue weighted by molar-refractivity contribution is 5.65. The van der Waals surface area contributed by atoms with Crippen molar-refractivity contribution in [3.8, 4) is 18.4 Å². The van der Waals surface area contributed by atoms with Crippen molar-refractivity contribution < 1.29 is 0 Å². The standard InChI is InChI=1S/C16H13N3/c1-4-13-6-5-7-14(9-13)19-16-15(10-17)11(2)8-12(3)18-16/h1,5-9H,2-3H3,(H,18,19). The molecule has 0 fully saturated rings. The third-order valence-corrected chi connectivity index (χ3v) is 2.75. The van der Waals surface area contributed by atoms with E-state index >= 15 is 0 Å². The maximum absolute atomic E-state index is 9.21. The quantitative estimate of drug-likeness (QED) is 0.828. The fraction of sp³-hybridized carbons (Fsp3) is 0.125. The van der Waals surface area contributed by atoms with Gasteiger partial charge in [0, 0.05) is 16.9 Å². The number of nitrogens with zero attached hydrogens (tertiary/aromatic N) is 2. The normalized spacial score (nSPS) is 9.47. The molecule has 19 heavy (non-hydrogen) atoms. The number of benzene rings is 1. The summed E-state index contributed by atoms with van der Waals surface area (Å²) in [4.78, 5) is 4.37. The Balaban J connectivity index is 2.44. The van der Waals surface area contributed by atoms with Crippen molar-refractivity contribution in [2.45, 2.75) is 13.8 Å². The van der Waals surface area contributed by atoms with Crippen LogP contribution in [0.25, 0.3) is 0 Å². The van der Waals surface area contributed by atoms with Gasteiger partial charge < -0.3 is 5.32 Å². The molecule has 0 saturated heterocycles. The fourth-order valence-corrected chi connectivity index (χ4v) is 1.89. The number of aryl methyl sites for hydroxylation is 2. The van der Waals surface area contributed by atoms with Gasteiger partial charge in [0.25, 0.3) is 0 Å². The molecule has 0 atom stereocenters. The van der Waals surface area contributed by atoms with Gasteiger partial charge in [-0.1, -0.05) is 12.0 Å². The number of pyridine rings is 1. The summed E-state index contributed by atoms with van der Waals surface area (Å²) in [6.45, 7) is 3.80. The van der Waals surface area contributed by atoms with E-state index < -0.39 is 0 Å². The Morgan fingerprint density at radius 1 is 1.26 bits per heavy atom. The highest BCUT2D eigenvalue weighted by Gasteiger charge is 2.08. The summed E-state index contributed by atoms with van der Waals surface area (Å²) < 4.78 is 0. The zero-order valence-electron chi connectivity index (χ0n) is 10.9. The van der Waals surface area contributed by atoms with Gasteiger partial charge in [0.1, 0.15) is 11.9 Å². The van der Waals surface area contributed by atoms with E-state index in [-0.39, 0.29) is 0 Å². The van der Waals surface area contributed by atoms with Crippen LogP contribution in [0.4, 0.5) is 11.5 Å². The number of anilines is 2. The maximum Gasteiger partial charge on any atom is 0.148 e. The molecule has 3 heteroatoms. The molecule has 0 aliphatic rings. The number of aromatic nitrogens is 1. The Hall–Kier alpha value is -2.78. The van der Waals surface area contributed by atoms with Gasteiger partial charge in [-0.25, -0.2) is 4.98 Å². The molecule has 0 aliphatic carbocycles. The lowest BCUT2D eigenvalue weighted by atomic mass is 10.1. The second kappa shape index (κ2) is 5.25. The molecule has 0 aliphatic heterocycles. The van der Waals surface area contributed by atoms with Gasteiger partial charge in [-0.3, -0.25) is 0 Å². The predicted molar refractivity (Wildman–Crippen MR) is 76.1 cm³/mol. The minimum absolute atomic E-state index is 0.553. The zero-order valence-corrected chi connectivity index (χ0v) is 10.9. The van der Waals surface area contributed by atoms with Gasteiger partial charge in [-0.05, 0) is 43.7 Å². The number of nitriles is 1. The minimum Gasteiger partial charge on any atom is -0.339 e. The van der Waals surface area contributed by atoms with Crippen LogP contribution in [0.2, 0.25) is 0 Å². The summed E-state index contributed by atoms with van der Waals surface area (Å²) in [5.41, 5.74) is 3.94. The van der Waals surface area contributed by atoms with Gasteiger partial charge in [-0.2, -0.15) is 5.26 Å². The third kappa shape index (κ3) is 2.73. The third-order valence-electron chi connectivity index (χ3n) is 2.75. The molecule has 1 aromatic carbocycles. The van der Waals surface area contributed by atoms with Crippen LogP contribution >= 0.6 is 0 Å². The monoisotopic (exact) mass is 247 g/mol. The van der Waals surface area contributed by atoms with Crippen LogP contribution in [-0.4, -0.2) is 4.98 Å². The molecule has 1 heterocycles. The van der Waals surface area contributed by atoms with E-state index in [1.807, 2.05) is 44.2 Å². The topological polar surface area (TPSA) is 48.7 Å². The van der Waals surface area contributed by atoms with Crippen molar-refractivity contribution in [1.82, 2.24) is 4.98 Å². The molecule has 2 aromatic rings. The van der Waals surface area contributed by atoms with E-state index in [2.05, 4.69) is 22.3 Å². The second-order valence-electron chi connectivity index (χ2n) is 4.27. The SMILES string of the molecule is C#Cc1cccc(Nc2nc(C)cc(C)c2C#N)c1. The van der Waals surface area contributed by atoms with E-state index in [9.17, 15) is 5.26 Å². The van der Waals surface area contributed by atoms with Gasteiger partial charge in [0.15, 0.2) is 0 Å². The fourth-order valence-electron chi connectivity index (χ4n) is 1.89. The number of hydrogen-bond acceptors (Lipinski definition) is 3. The van der Waals surface area contributed by atoms with Crippen molar-refractivity contribution in [2.24, 2.45) is 0 Å². The Kier molecular flexibility index (Phi) is 3.50. The first-order valence-electron chi connectivity index (χ1n) is 5.86. The summed E-state index contributed by atoms with van der Waals surface area (Å²) in [5, 5.41) is 12.4. The van der Waals surface area contributed by atoms with E-state index in [1.54, 1.807) is 0 Å². The molecule has 0 amide bonds. The van der Waals surface area contributed by atoms with E-state index in [0.29, 0.717) is 11.4 Å². The molecule has 2 rings (SSSR count). The molecule has 0 spiro atoms. The van der Waals surface area contributed by atoms with E-state index in [1.165, 1.54) is 0 Å². The van der Waals surface area contributed by atoms with Gasteiger partial charge in [-0.15, -0.1) is 6.42 Å². The first-order chi connectivity index (χ1) is 9.13. The average Bonchev–Trinajstić information content (AvgIpc) is 2.38. The summed E-state index contributed by atoms with van der Waals surface area (Å²) in [6, 6.07) is 11.5. The highest BCUT2D eigenvalue weighted by atomic mass is 15.0.